The number of hydrogen-bond donors (Lipinski definition) is 2. The molecular weight excluding hydrogens is 468 g/mol. The maximum absolute atomic E-state index is 13.0. The minimum absolute atomic E-state index is 0.00356. The number of benzene rings is 1. The molecule has 34 heavy (non-hydrogen) atoms. The van der Waals surface area contributed by atoms with Gasteiger partial charge < -0.3 is 20.9 Å². The van der Waals surface area contributed by atoms with Gasteiger partial charge in [-0.05, 0) is 37.6 Å². The molecule has 2 aromatic heterocycles. The highest BCUT2D eigenvalue weighted by Gasteiger charge is 2.25. The van der Waals surface area contributed by atoms with Crippen LogP contribution in [-0.4, -0.2) is 64.3 Å². The molecule has 3 heterocycles. The fourth-order valence-electron chi connectivity index (χ4n) is 4.01. The van der Waals surface area contributed by atoms with Crippen LogP contribution in [0, 0.1) is 6.92 Å². The zero-order chi connectivity index (χ0) is 24.2. The second-order valence-electron chi connectivity index (χ2n) is 8.31. The molecule has 1 aromatic carbocycles. The van der Waals surface area contributed by atoms with E-state index in [1.54, 1.807) is 12.1 Å². The number of piperazine rings is 1. The summed E-state index contributed by atoms with van der Waals surface area (Å²) in [6, 6.07) is 5.47. The number of rotatable bonds is 8. The number of primary amides is 1. The number of amides is 2. The van der Waals surface area contributed by atoms with Crippen LogP contribution >= 0.6 is 22.7 Å². The summed E-state index contributed by atoms with van der Waals surface area (Å²) in [5.74, 6) is -0.462. The lowest BCUT2D eigenvalue weighted by Crippen LogP contribution is -2.48. The number of aromatic nitrogens is 2. The van der Waals surface area contributed by atoms with Crippen LogP contribution in [0.4, 0.5) is 10.8 Å². The molecule has 0 unspecified atom stereocenters. The average molecular weight is 499 g/mol. The Morgan fingerprint density at radius 2 is 1.91 bits per heavy atom. The van der Waals surface area contributed by atoms with Gasteiger partial charge in [-0.3, -0.25) is 9.59 Å². The van der Waals surface area contributed by atoms with E-state index in [1.165, 1.54) is 22.7 Å². The molecular formula is C24H30N6O2S2. The van der Waals surface area contributed by atoms with Gasteiger partial charge in [0.15, 0.2) is 10.1 Å². The Morgan fingerprint density at radius 3 is 2.59 bits per heavy atom. The molecule has 0 atom stereocenters. The van der Waals surface area contributed by atoms with Crippen LogP contribution in [-0.2, 0) is 6.42 Å². The van der Waals surface area contributed by atoms with E-state index in [9.17, 15) is 9.59 Å². The van der Waals surface area contributed by atoms with E-state index < -0.39 is 5.91 Å². The first kappa shape index (κ1) is 24.3. The fraction of sp³-hybridized carbons (Fsp3) is 0.417. The van der Waals surface area contributed by atoms with Crippen molar-refractivity contribution in [2.24, 2.45) is 5.73 Å². The van der Waals surface area contributed by atoms with Gasteiger partial charge in [0.1, 0.15) is 0 Å². The van der Waals surface area contributed by atoms with Gasteiger partial charge >= 0.3 is 0 Å². The van der Waals surface area contributed by atoms with Gasteiger partial charge in [0.2, 0.25) is 5.91 Å². The van der Waals surface area contributed by atoms with Gasteiger partial charge in [-0.15, -0.1) is 22.7 Å². The number of hydrogen-bond acceptors (Lipinski definition) is 8. The van der Waals surface area contributed by atoms with Crippen LogP contribution < -0.4 is 11.1 Å². The van der Waals surface area contributed by atoms with Gasteiger partial charge in [-0.1, -0.05) is 26.3 Å². The van der Waals surface area contributed by atoms with E-state index in [0.717, 1.165) is 73.1 Å². The van der Waals surface area contributed by atoms with E-state index in [0.29, 0.717) is 15.7 Å². The third-order valence-electron chi connectivity index (χ3n) is 5.98. The van der Waals surface area contributed by atoms with E-state index in [1.807, 2.05) is 23.3 Å². The maximum atomic E-state index is 13.0. The van der Waals surface area contributed by atoms with Crippen molar-refractivity contribution < 1.29 is 9.59 Å². The highest BCUT2D eigenvalue weighted by molar-refractivity contribution is 7.18. The van der Waals surface area contributed by atoms with Gasteiger partial charge in [-0.25, -0.2) is 9.97 Å². The number of carbonyl (C=O) groups is 2. The number of carbonyl (C=O) groups excluding carboxylic acids is 2. The first-order valence-electron chi connectivity index (χ1n) is 11.5. The molecule has 8 nitrogen and oxygen atoms in total. The summed E-state index contributed by atoms with van der Waals surface area (Å²) in [5.41, 5.74) is 9.47. The highest BCUT2D eigenvalue weighted by Crippen LogP contribution is 2.34. The Bertz CT molecular complexity index is 1180. The Kier molecular flexibility index (Phi) is 7.60. The maximum Gasteiger partial charge on any atom is 0.282 e. The zero-order valence-electron chi connectivity index (χ0n) is 19.8. The Morgan fingerprint density at radius 1 is 1.15 bits per heavy atom. The minimum Gasteiger partial charge on any atom is -0.366 e. The van der Waals surface area contributed by atoms with Crippen LogP contribution in [0.2, 0.25) is 0 Å². The largest absolute Gasteiger partial charge is 0.366 e. The zero-order valence-corrected chi connectivity index (χ0v) is 21.4. The molecule has 1 aliphatic rings. The van der Waals surface area contributed by atoms with Gasteiger partial charge in [-0.2, -0.15) is 0 Å². The summed E-state index contributed by atoms with van der Waals surface area (Å²) in [6.45, 7) is 10.4. The molecule has 0 aliphatic carbocycles. The van der Waals surface area contributed by atoms with Crippen molar-refractivity contribution >= 4 is 45.3 Å². The lowest BCUT2D eigenvalue weighted by atomic mass is 10.0. The third kappa shape index (κ3) is 5.29. The number of anilines is 2. The minimum atomic E-state index is -0.459. The summed E-state index contributed by atoms with van der Waals surface area (Å²) in [6.07, 6.45) is 1.86. The second kappa shape index (κ2) is 10.6. The molecule has 0 radical (unpaired) electrons. The highest BCUT2D eigenvalue weighted by atomic mass is 32.1. The van der Waals surface area contributed by atoms with E-state index in [4.69, 9.17) is 10.7 Å². The van der Waals surface area contributed by atoms with Crippen LogP contribution in [0.5, 0.6) is 0 Å². The molecule has 1 saturated heterocycles. The lowest BCUT2D eigenvalue weighted by Gasteiger charge is -2.33. The standard InChI is InChI=1S/C24H30N6O2S2/c1-4-6-16-7-8-17(21(25)31)13-18(16)27-24-28-19(14-33-24)20-15(3)26-22(34-20)23(32)30-11-9-29(5-2)10-12-30/h7-8,13-14H,4-6,9-12H2,1-3H3,(H2,25,31)(H,27,28). The molecule has 3 aromatic rings. The molecule has 1 aliphatic heterocycles. The van der Waals surface area contributed by atoms with Crippen LogP contribution in [0.1, 0.15) is 51.7 Å². The van der Waals surface area contributed by atoms with E-state index in [-0.39, 0.29) is 5.91 Å². The molecule has 4 rings (SSSR count). The van der Waals surface area contributed by atoms with Crippen molar-refractivity contribution in [1.29, 1.82) is 0 Å². The SMILES string of the molecule is CCCc1ccc(C(N)=O)cc1Nc1nc(-c2sc(C(=O)N3CCN(CC)CC3)nc2C)cs1. The summed E-state index contributed by atoms with van der Waals surface area (Å²) >= 11 is 2.87. The van der Waals surface area contributed by atoms with Crippen LogP contribution in [0.3, 0.4) is 0 Å². The molecule has 10 heteroatoms. The van der Waals surface area contributed by atoms with E-state index >= 15 is 0 Å². The molecule has 180 valence electrons. The first-order valence-corrected chi connectivity index (χ1v) is 13.2. The van der Waals surface area contributed by atoms with Gasteiger partial charge in [0.05, 0.1) is 16.3 Å². The topological polar surface area (TPSA) is 104 Å². The third-order valence-corrected chi connectivity index (χ3v) is 7.90. The smallest absolute Gasteiger partial charge is 0.282 e. The van der Waals surface area contributed by atoms with Gasteiger partial charge in [0, 0.05) is 42.8 Å². The molecule has 0 bridgehead atoms. The normalized spacial score (nSPS) is 14.4. The van der Waals surface area contributed by atoms with E-state index in [2.05, 4.69) is 29.0 Å². The summed E-state index contributed by atoms with van der Waals surface area (Å²) in [7, 11) is 0. The van der Waals surface area contributed by atoms with Crippen molar-refractivity contribution in [3.05, 3.63) is 45.4 Å². The predicted molar refractivity (Wildman–Crippen MR) is 138 cm³/mol. The number of aryl methyl sites for hydroxylation is 2. The van der Waals surface area contributed by atoms with Crippen molar-refractivity contribution in [2.75, 3.05) is 38.0 Å². The van der Waals surface area contributed by atoms with Crippen molar-refractivity contribution in [2.45, 2.75) is 33.6 Å². The molecule has 0 spiro atoms. The first-order chi connectivity index (χ1) is 16.4. The molecule has 0 saturated carbocycles. The fourth-order valence-corrected chi connectivity index (χ4v) is 5.80. The Labute approximate surface area is 207 Å². The molecule has 2 amide bonds. The number of nitrogens with two attached hydrogens (primary N) is 1. The lowest BCUT2D eigenvalue weighted by molar-refractivity contribution is 0.0642. The summed E-state index contributed by atoms with van der Waals surface area (Å²) in [5, 5.41) is 6.55. The van der Waals surface area contributed by atoms with Crippen molar-refractivity contribution in [3.8, 4) is 10.6 Å². The predicted octanol–water partition coefficient (Wildman–Crippen LogP) is 4.15. The van der Waals surface area contributed by atoms with Crippen LogP contribution in [0.15, 0.2) is 23.6 Å². The van der Waals surface area contributed by atoms with Gasteiger partial charge in [0.25, 0.3) is 5.91 Å². The summed E-state index contributed by atoms with van der Waals surface area (Å²) < 4.78 is 0. The second-order valence-corrected chi connectivity index (χ2v) is 10.2. The number of likely N-dealkylation sites (N-methyl/N-ethyl adjacent to an activating group) is 1. The Hall–Kier alpha value is -2.82. The summed E-state index contributed by atoms with van der Waals surface area (Å²) in [4.78, 5) is 39.1. The number of nitrogens with one attached hydrogen (secondary N) is 1. The average Bonchev–Trinajstić information content (AvgIpc) is 3.46. The van der Waals surface area contributed by atoms with Crippen molar-refractivity contribution in [3.63, 3.8) is 0 Å². The monoisotopic (exact) mass is 498 g/mol. The molecule has 1 fully saturated rings. The van der Waals surface area contributed by atoms with Crippen molar-refractivity contribution in [1.82, 2.24) is 19.8 Å². The van der Waals surface area contributed by atoms with Crippen LogP contribution in [0.25, 0.3) is 10.6 Å². The number of thiazole rings is 2. The quantitative estimate of drug-likeness (QED) is 0.484. The molecule has 3 N–H and O–H groups in total. The number of nitrogens with zero attached hydrogens (tertiary/aromatic N) is 4. The Balaban J connectivity index is 1.52.